The number of carbonyl (C=O) groups is 1. The molecule has 4 nitrogen and oxygen atoms in total. The van der Waals surface area contributed by atoms with E-state index in [1.54, 1.807) is 6.26 Å². The zero-order valence-corrected chi connectivity index (χ0v) is 15.9. The Morgan fingerprint density at radius 2 is 1.78 bits per heavy atom. The van der Waals surface area contributed by atoms with Crippen LogP contribution < -0.4 is 10.6 Å². The minimum Gasteiger partial charge on any atom is -0.463 e. The fourth-order valence-corrected chi connectivity index (χ4v) is 3.23. The van der Waals surface area contributed by atoms with Gasteiger partial charge < -0.3 is 15.1 Å². The first-order valence-electron chi connectivity index (χ1n) is 9.49. The molecule has 1 heterocycles. The molecule has 0 aliphatic heterocycles. The summed E-state index contributed by atoms with van der Waals surface area (Å²) >= 11 is 0. The maximum Gasteiger partial charge on any atom is 0.279 e. The standard InChI is InChI=1S/C23H26N2O2/c1-3-17(2)19-12-7-8-13-20(19)25-22(26)16-24-23(21-14-9-15-27-21)18-10-5-4-6-11-18/h4-15,17,23-24H,3,16H2,1-2H3,(H,25,26)/p+1/t17-,23+/m0/s1. The van der Waals surface area contributed by atoms with Crippen LogP contribution >= 0.6 is 0 Å². The molecule has 27 heavy (non-hydrogen) atoms. The summed E-state index contributed by atoms with van der Waals surface area (Å²) in [6.07, 6.45) is 2.70. The van der Waals surface area contributed by atoms with E-state index in [9.17, 15) is 4.79 Å². The van der Waals surface area contributed by atoms with Gasteiger partial charge in [-0.1, -0.05) is 62.4 Å². The molecule has 4 heteroatoms. The molecule has 1 amide bonds. The number of para-hydroxylation sites is 1. The lowest BCUT2D eigenvalue weighted by Crippen LogP contribution is -2.87. The molecule has 3 rings (SSSR count). The van der Waals surface area contributed by atoms with Crippen molar-refractivity contribution in [1.82, 2.24) is 0 Å². The molecule has 0 radical (unpaired) electrons. The number of rotatable bonds is 8. The monoisotopic (exact) mass is 363 g/mol. The molecule has 1 aromatic heterocycles. The van der Waals surface area contributed by atoms with Gasteiger partial charge in [-0.25, -0.2) is 0 Å². The van der Waals surface area contributed by atoms with Crippen molar-refractivity contribution in [3.05, 3.63) is 89.9 Å². The predicted molar refractivity (Wildman–Crippen MR) is 108 cm³/mol. The first-order valence-corrected chi connectivity index (χ1v) is 9.49. The highest BCUT2D eigenvalue weighted by molar-refractivity contribution is 5.92. The van der Waals surface area contributed by atoms with Crippen molar-refractivity contribution in [2.75, 3.05) is 11.9 Å². The van der Waals surface area contributed by atoms with E-state index in [1.165, 1.54) is 5.56 Å². The molecule has 0 aliphatic rings. The normalized spacial score (nSPS) is 13.1. The van der Waals surface area contributed by atoms with Crippen LogP contribution in [0.3, 0.4) is 0 Å². The SMILES string of the molecule is CC[C@H](C)c1ccccc1NC(=O)C[NH2+][C@H](c1ccccc1)c1ccco1. The first kappa shape index (κ1) is 18.9. The number of nitrogens with two attached hydrogens (primary N) is 1. The lowest BCUT2D eigenvalue weighted by Gasteiger charge is -2.17. The fourth-order valence-electron chi connectivity index (χ4n) is 3.23. The lowest BCUT2D eigenvalue weighted by atomic mass is 9.97. The Labute approximate surface area is 160 Å². The molecular weight excluding hydrogens is 336 g/mol. The number of nitrogens with one attached hydrogen (secondary N) is 1. The van der Waals surface area contributed by atoms with Crippen LogP contribution in [0, 0.1) is 0 Å². The van der Waals surface area contributed by atoms with E-state index in [2.05, 4.69) is 37.4 Å². The minimum atomic E-state index is -0.0447. The second kappa shape index (κ2) is 9.19. The summed E-state index contributed by atoms with van der Waals surface area (Å²) in [6, 6.07) is 21.9. The molecule has 0 bridgehead atoms. The Hall–Kier alpha value is -2.85. The zero-order valence-electron chi connectivity index (χ0n) is 15.9. The van der Waals surface area contributed by atoms with Crippen LogP contribution in [0.1, 0.15) is 49.1 Å². The first-order chi connectivity index (χ1) is 13.2. The molecule has 2 aromatic carbocycles. The Bertz CT molecular complexity index is 844. The largest absolute Gasteiger partial charge is 0.463 e. The van der Waals surface area contributed by atoms with Crippen LogP contribution in [0.25, 0.3) is 0 Å². The molecule has 2 atom stereocenters. The van der Waals surface area contributed by atoms with Crippen molar-refractivity contribution in [1.29, 1.82) is 0 Å². The molecule has 0 fully saturated rings. The Morgan fingerprint density at radius 1 is 1.04 bits per heavy atom. The van der Waals surface area contributed by atoms with Crippen LogP contribution in [-0.2, 0) is 4.79 Å². The van der Waals surface area contributed by atoms with Gasteiger partial charge in [0.05, 0.1) is 6.26 Å². The van der Waals surface area contributed by atoms with Gasteiger partial charge in [0.2, 0.25) is 0 Å². The smallest absolute Gasteiger partial charge is 0.279 e. The number of amides is 1. The van der Waals surface area contributed by atoms with Crippen molar-refractivity contribution >= 4 is 11.6 Å². The zero-order chi connectivity index (χ0) is 19.1. The highest BCUT2D eigenvalue weighted by atomic mass is 16.3. The van der Waals surface area contributed by atoms with E-state index in [1.807, 2.05) is 53.8 Å². The third kappa shape index (κ3) is 4.86. The summed E-state index contributed by atoms with van der Waals surface area (Å²) in [6.45, 7) is 4.65. The molecule has 0 aliphatic carbocycles. The van der Waals surface area contributed by atoms with Crippen molar-refractivity contribution in [2.45, 2.75) is 32.2 Å². The van der Waals surface area contributed by atoms with E-state index in [-0.39, 0.29) is 11.9 Å². The molecular formula is C23H27N2O2+. The predicted octanol–water partition coefficient (Wildman–Crippen LogP) is 4.08. The second-order valence-electron chi connectivity index (χ2n) is 6.79. The van der Waals surface area contributed by atoms with Gasteiger partial charge in [-0.05, 0) is 36.1 Å². The molecule has 3 N–H and O–H groups in total. The summed E-state index contributed by atoms with van der Waals surface area (Å²) in [5, 5.41) is 5.09. The van der Waals surface area contributed by atoms with Gasteiger partial charge in [0.15, 0.2) is 18.3 Å². The van der Waals surface area contributed by atoms with Gasteiger partial charge in [0.25, 0.3) is 5.91 Å². The summed E-state index contributed by atoms with van der Waals surface area (Å²) in [4.78, 5) is 12.6. The highest BCUT2D eigenvalue weighted by Gasteiger charge is 2.21. The average molecular weight is 363 g/mol. The van der Waals surface area contributed by atoms with Crippen LogP contribution in [0.5, 0.6) is 0 Å². The van der Waals surface area contributed by atoms with Gasteiger partial charge >= 0.3 is 0 Å². The fraction of sp³-hybridized carbons (Fsp3) is 0.261. The number of carbonyl (C=O) groups excluding carboxylic acids is 1. The topological polar surface area (TPSA) is 58.9 Å². The average Bonchev–Trinajstić information content (AvgIpc) is 3.23. The minimum absolute atomic E-state index is 0.0155. The third-order valence-corrected chi connectivity index (χ3v) is 4.93. The van der Waals surface area contributed by atoms with E-state index >= 15 is 0 Å². The van der Waals surface area contributed by atoms with E-state index in [0.29, 0.717) is 12.5 Å². The van der Waals surface area contributed by atoms with Crippen molar-refractivity contribution < 1.29 is 14.5 Å². The Balaban J connectivity index is 1.69. The number of anilines is 1. The van der Waals surface area contributed by atoms with E-state index < -0.39 is 0 Å². The van der Waals surface area contributed by atoms with Crippen LogP contribution in [0.15, 0.2) is 77.4 Å². The van der Waals surface area contributed by atoms with Crippen molar-refractivity contribution in [3.63, 3.8) is 0 Å². The Morgan fingerprint density at radius 3 is 2.48 bits per heavy atom. The van der Waals surface area contributed by atoms with Crippen LogP contribution in [0.4, 0.5) is 5.69 Å². The van der Waals surface area contributed by atoms with Gasteiger partial charge in [-0.15, -0.1) is 0 Å². The number of hydrogen-bond donors (Lipinski definition) is 2. The number of quaternary nitrogens is 1. The van der Waals surface area contributed by atoms with Gasteiger partial charge in [0, 0.05) is 11.3 Å². The summed E-state index contributed by atoms with van der Waals surface area (Å²) < 4.78 is 5.60. The molecule has 0 saturated carbocycles. The maximum absolute atomic E-state index is 12.6. The van der Waals surface area contributed by atoms with Crippen molar-refractivity contribution in [2.24, 2.45) is 0 Å². The van der Waals surface area contributed by atoms with Gasteiger partial charge in [-0.2, -0.15) is 0 Å². The van der Waals surface area contributed by atoms with E-state index in [4.69, 9.17) is 4.42 Å². The van der Waals surface area contributed by atoms with Crippen molar-refractivity contribution in [3.8, 4) is 0 Å². The number of furan rings is 1. The van der Waals surface area contributed by atoms with E-state index in [0.717, 1.165) is 23.4 Å². The quantitative estimate of drug-likeness (QED) is 0.633. The highest BCUT2D eigenvalue weighted by Crippen LogP contribution is 2.26. The third-order valence-electron chi connectivity index (χ3n) is 4.93. The summed E-state index contributed by atoms with van der Waals surface area (Å²) in [7, 11) is 0. The molecule has 0 unspecified atom stereocenters. The molecule has 0 saturated heterocycles. The maximum atomic E-state index is 12.6. The summed E-state index contributed by atoms with van der Waals surface area (Å²) in [5.41, 5.74) is 3.19. The Kier molecular flexibility index (Phi) is 6.44. The van der Waals surface area contributed by atoms with Crippen LogP contribution in [0.2, 0.25) is 0 Å². The molecule has 3 aromatic rings. The lowest BCUT2D eigenvalue weighted by molar-refractivity contribution is -0.678. The molecule has 140 valence electrons. The summed E-state index contributed by atoms with van der Waals surface area (Å²) in [5.74, 6) is 1.23. The van der Waals surface area contributed by atoms with Crippen LogP contribution in [-0.4, -0.2) is 12.5 Å². The molecule has 0 spiro atoms. The van der Waals surface area contributed by atoms with Gasteiger partial charge in [-0.3, -0.25) is 4.79 Å². The number of hydrogen-bond acceptors (Lipinski definition) is 2. The number of benzene rings is 2. The second-order valence-corrected chi connectivity index (χ2v) is 6.79. The van der Waals surface area contributed by atoms with Gasteiger partial charge in [0.1, 0.15) is 0 Å².